The fourth-order valence-electron chi connectivity index (χ4n) is 9.23. The number of fused-ring (bicyclic) bond motifs is 4. The highest BCUT2D eigenvalue weighted by Gasteiger charge is 2.57. The number of aryl methyl sites for hydroxylation is 1. The number of pyridine rings is 1. The van der Waals surface area contributed by atoms with Gasteiger partial charge in [0.25, 0.3) is 0 Å². The molecule has 0 spiro atoms. The van der Waals surface area contributed by atoms with E-state index < -0.39 is 58.9 Å². The van der Waals surface area contributed by atoms with Gasteiger partial charge >= 0.3 is 18.2 Å². The average Bonchev–Trinajstić information content (AvgIpc) is 4.02. The molecule has 312 valence electrons. The molecule has 2 amide bonds. The first kappa shape index (κ1) is 41.2. The van der Waals surface area contributed by atoms with Gasteiger partial charge in [-0.2, -0.15) is 5.26 Å². The molecule has 9 rings (SSSR count). The van der Waals surface area contributed by atoms with Crippen LogP contribution in [0.5, 0.6) is 0 Å². The van der Waals surface area contributed by atoms with Gasteiger partial charge < -0.3 is 23.7 Å². The van der Waals surface area contributed by atoms with Crippen molar-refractivity contribution < 1.29 is 41.8 Å². The number of esters is 1. The van der Waals surface area contributed by atoms with E-state index in [1.165, 1.54) is 13.2 Å². The summed E-state index contributed by atoms with van der Waals surface area (Å²) in [5.41, 5.74) is -0.471. The van der Waals surface area contributed by atoms with Gasteiger partial charge in [-0.25, -0.2) is 32.5 Å². The Morgan fingerprint density at radius 3 is 2.42 bits per heavy atom. The number of methoxy groups -OCH3 is 2. The van der Waals surface area contributed by atoms with E-state index in [-0.39, 0.29) is 68.1 Å². The molecule has 2 aromatic heterocycles. The Labute approximate surface area is 353 Å². The maximum atomic E-state index is 17.8. The van der Waals surface area contributed by atoms with Gasteiger partial charge in [-0.05, 0) is 82.3 Å². The zero-order valence-corrected chi connectivity index (χ0v) is 34.9. The first-order chi connectivity index (χ1) is 28.6. The number of aromatic nitrogens is 2. The first-order valence-corrected chi connectivity index (χ1v) is 20.3. The molecule has 1 aliphatic carbocycles. The molecule has 5 aromatic rings. The maximum absolute atomic E-state index is 17.8. The van der Waals surface area contributed by atoms with Gasteiger partial charge in [0, 0.05) is 58.6 Å². The molecule has 1 saturated carbocycles. The standard InChI is InChI=1S/C44H40Cl2F3N5O6/c1-44(2,3)60-43(57)53-20-22-18-31(53)39(22)54-30(29-12-8-16-52(29)42(56)59-5)19-27-37(24-13-14-25(41(55)58-4)35(48)34(24)47)51-38-26(40(27)54)17-21(9-7-15-50)32(36(38)49)23-10-6-11-28(45)33(23)46/h6,10-11,13-14,17,19,22,29,31,39H,7-9,12,16,18,20H2,1-5H3/t22-,29-,31-,39+/m1/s1. The van der Waals surface area contributed by atoms with Crippen LogP contribution < -0.4 is 0 Å². The predicted octanol–water partition coefficient (Wildman–Crippen LogP) is 10.6. The minimum atomic E-state index is -1.48. The second-order valence-corrected chi connectivity index (χ2v) is 17.1. The molecule has 5 heterocycles. The number of rotatable bonds is 7. The van der Waals surface area contributed by atoms with Crippen molar-refractivity contribution in [3.63, 3.8) is 0 Å². The van der Waals surface area contributed by atoms with E-state index in [9.17, 15) is 19.6 Å². The predicted molar refractivity (Wildman–Crippen MR) is 218 cm³/mol. The van der Waals surface area contributed by atoms with Crippen LogP contribution in [0.4, 0.5) is 22.8 Å². The summed E-state index contributed by atoms with van der Waals surface area (Å²) in [6, 6.07) is 11.3. The number of hydrogen-bond acceptors (Lipinski definition) is 8. The normalized spacial score (nSPS) is 19.8. The largest absolute Gasteiger partial charge is 0.465 e. The van der Waals surface area contributed by atoms with E-state index in [0.29, 0.717) is 54.5 Å². The molecule has 3 aliphatic heterocycles. The van der Waals surface area contributed by atoms with Crippen molar-refractivity contribution in [2.45, 2.75) is 76.6 Å². The number of carbonyl (C=O) groups excluding carboxylic acids is 3. The van der Waals surface area contributed by atoms with Gasteiger partial charge in [0.2, 0.25) is 0 Å². The molecule has 4 aliphatic rings. The molecular weight excluding hydrogens is 822 g/mol. The number of amides is 2. The van der Waals surface area contributed by atoms with Crippen molar-refractivity contribution in [2.75, 3.05) is 27.3 Å². The molecule has 11 nitrogen and oxygen atoms in total. The molecule has 4 atom stereocenters. The fraction of sp³-hybridized carbons (Fsp3) is 0.386. The number of benzene rings is 3. The Bertz CT molecular complexity index is 2680. The lowest BCUT2D eigenvalue weighted by atomic mass is 9.79. The third-order valence-corrected chi connectivity index (χ3v) is 12.6. The lowest BCUT2D eigenvalue weighted by Gasteiger charge is -2.40. The lowest BCUT2D eigenvalue weighted by molar-refractivity contribution is 0.0208. The lowest BCUT2D eigenvalue weighted by Crippen LogP contribution is -2.45. The Morgan fingerprint density at radius 1 is 0.950 bits per heavy atom. The Hall–Kier alpha value is -5.52. The average molecular weight is 863 g/mol. The molecule has 3 saturated heterocycles. The molecule has 2 bridgehead atoms. The SMILES string of the molecule is COC(=O)c1ccc(-c2nc3c(F)c(-c4cccc(Cl)c4Cl)c(CCC#N)cc3c3c2cc([C@H]2CCCN2C(=O)OC)n3[C@H]2[C@@H]3C[C@H]2N(C(=O)OC(C)(C)C)C3)c(F)c1F. The van der Waals surface area contributed by atoms with E-state index in [0.717, 1.165) is 13.2 Å². The molecular formula is C44H40Cl2F3N5O6. The number of nitrogens with zero attached hydrogens (tertiary/aromatic N) is 5. The van der Waals surface area contributed by atoms with E-state index >= 15 is 13.2 Å². The number of likely N-dealkylation sites (tertiary alicyclic amines) is 1. The van der Waals surface area contributed by atoms with Crippen molar-refractivity contribution in [3.8, 4) is 28.5 Å². The summed E-state index contributed by atoms with van der Waals surface area (Å²) >= 11 is 13.1. The van der Waals surface area contributed by atoms with Crippen molar-refractivity contribution in [3.05, 3.63) is 86.8 Å². The summed E-state index contributed by atoms with van der Waals surface area (Å²) in [7, 11) is 2.33. The molecule has 60 heavy (non-hydrogen) atoms. The van der Waals surface area contributed by atoms with E-state index in [2.05, 4.69) is 10.8 Å². The second kappa shape index (κ2) is 15.5. The van der Waals surface area contributed by atoms with Gasteiger partial charge in [-0.3, -0.25) is 4.90 Å². The van der Waals surface area contributed by atoms with Crippen LogP contribution in [0.25, 0.3) is 44.2 Å². The number of halogens is 5. The number of ether oxygens (including phenoxy) is 3. The van der Waals surface area contributed by atoms with Crippen molar-refractivity contribution >= 4 is 63.2 Å². The van der Waals surface area contributed by atoms with Crippen LogP contribution in [0.15, 0.2) is 42.5 Å². The summed E-state index contributed by atoms with van der Waals surface area (Å²) in [4.78, 5) is 47.4. The van der Waals surface area contributed by atoms with Crippen LogP contribution in [0.1, 0.15) is 80.2 Å². The summed E-state index contributed by atoms with van der Waals surface area (Å²) in [5.74, 6) is -4.94. The molecule has 4 fully saturated rings. The monoisotopic (exact) mass is 861 g/mol. The van der Waals surface area contributed by atoms with Crippen LogP contribution in [0.3, 0.4) is 0 Å². The highest BCUT2D eigenvalue weighted by Crippen LogP contribution is 2.55. The van der Waals surface area contributed by atoms with E-state index in [1.807, 2.05) is 4.57 Å². The van der Waals surface area contributed by atoms with Crippen molar-refractivity contribution in [2.24, 2.45) is 5.92 Å². The van der Waals surface area contributed by atoms with Crippen molar-refractivity contribution in [1.29, 1.82) is 5.26 Å². The third-order valence-electron chi connectivity index (χ3n) is 11.8. The van der Waals surface area contributed by atoms with Crippen LogP contribution in [-0.4, -0.2) is 76.5 Å². The summed E-state index contributed by atoms with van der Waals surface area (Å²) < 4.78 is 67.8. The van der Waals surface area contributed by atoms with Crippen LogP contribution in [0, 0.1) is 34.7 Å². The molecule has 3 aromatic carbocycles. The smallest absolute Gasteiger partial charge is 0.410 e. The number of hydrogen-bond donors (Lipinski definition) is 0. The van der Waals surface area contributed by atoms with Gasteiger partial charge in [0.05, 0.1) is 65.2 Å². The molecule has 0 unspecified atom stereocenters. The molecule has 0 N–H and O–H groups in total. The minimum Gasteiger partial charge on any atom is -0.465 e. The zero-order chi connectivity index (χ0) is 42.9. The summed E-state index contributed by atoms with van der Waals surface area (Å²) in [6.07, 6.45) is 0.840. The Kier molecular flexibility index (Phi) is 10.6. The first-order valence-electron chi connectivity index (χ1n) is 19.5. The van der Waals surface area contributed by atoms with Crippen LogP contribution in [0.2, 0.25) is 10.0 Å². The summed E-state index contributed by atoms with van der Waals surface area (Å²) in [6.45, 7) is 6.08. The van der Waals surface area contributed by atoms with Gasteiger partial charge in [0.1, 0.15) is 11.1 Å². The highest BCUT2D eigenvalue weighted by molar-refractivity contribution is 6.43. The van der Waals surface area contributed by atoms with Gasteiger partial charge in [0.15, 0.2) is 17.5 Å². The molecule has 0 radical (unpaired) electrons. The van der Waals surface area contributed by atoms with Crippen LogP contribution >= 0.6 is 23.2 Å². The maximum Gasteiger partial charge on any atom is 0.410 e. The quantitative estimate of drug-likeness (QED) is 0.117. The zero-order valence-electron chi connectivity index (χ0n) is 33.4. The number of carbonyl (C=O) groups is 3. The summed E-state index contributed by atoms with van der Waals surface area (Å²) in [5, 5.41) is 10.5. The third kappa shape index (κ3) is 6.66. The van der Waals surface area contributed by atoms with Gasteiger partial charge in [-0.15, -0.1) is 0 Å². The minimum absolute atomic E-state index is 0.0157. The highest BCUT2D eigenvalue weighted by atomic mass is 35.5. The topological polar surface area (TPSA) is 127 Å². The van der Waals surface area contributed by atoms with E-state index in [4.69, 9.17) is 37.7 Å². The van der Waals surface area contributed by atoms with Crippen LogP contribution in [-0.2, 0) is 20.6 Å². The van der Waals surface area contributed by atoms with E-state index in [1.54, 1.807) is 60.9 Å². The van der Waals surface area contributed by atoms with Crippen molar-refractivity contribution in [1.82, 2.24) is 19.4 Å². The van der Waals surface area contributed by atoms with Gasteiger partial charge in [-0.1, -0.05) is 35.3 Å². The second-order valence-electron chi connectivity index (χ2n) is 16.3. The Balaban J connectivity index is 1.50. The number of nitriles is 1. The Morgan fingerprint density at radius 2 is 1.72 bits per heavy atom. The fourth-order valence-corrected chi connectivity index (χ4v) is 9.62. The molecule has 16 heteroatoms.